The molecule has 0 saturated carbocycles. The van der Waals surface area contributed by atoms with Crippen LogP contribution in [0.1, 0.15) is 27.2 Å². The zero-order valence-electron chi connectivity index (χ0n) is 16.0. The molecule has 8 heteroatoms. The van der Waals surface area contributed by atoms with Crippen molar-refractivity contribution in [1.29, 1.82) is 5.26 Å². The summed E-state index contributed by atoms with van der Waals surface area (Å²) in [5, 5.41) is 25.3. The van der Waals surface area contributed by atoms with Crippen LogP contribution in [0.4, 0.5) is 0 Å². The third-order valence-electron chi connectivity index (χ3n) is 4.71. The van der Waals surface area contributed by atoms with Gasteiger partial charge in [0.15, 0.2) is 0 Å². The molecule has 4 aromatic rings. The van der Waals surface area contributed by atoms with Gasteiger partial charge in [-0.15, -0.1) is 0 Å². The molecule has 2 aromatic carbocycles. The number of pyridine rings is 1. The molecule has 152 valence electrons. The predicted octanol–water partition coefficient (Wildman–Crippen LogP) is 5.55. The molecule has 6 nitrogen and oxygen atoms in total. The topological polar surface area (TPSA) is 91.8 Å². The average Bonchev–Trinajstić information content (AvgIpc) is 3.09. The molecule has 0 bridgehead atoms. The number of nitrogens with zero attached hydrogens (tertiary/aromatic N) is 4. The Morgan fingerprint density at radius 3 is 2.48 bits per heavy atom. The Morgan fingerprint density at radius 2 is 1.84 bits per heavy atom. The maximum atomic E-state index is 11.1. The number of carbonyl (C=O) groups is 1. The van der Waals surface area contributed by atoms with E-state index in [2.05, 4.69) is 16.2 Å². The molecule has 0 radical (unpaired) electrons. The molecular formula is C23H14Cl2N4O2. The van der Waals surface area contributed by atoms with Gasteiger partial charge in [-0.05, 0) is 53.6 Å². The summed E-state index contributed by atoms with van der Waals surface area (Å²) in [5.74, 6) is -1.02. The first-order valence-electron chi connectivity index (χ1n) is 9.16. The van der Waals surface area contributed by atoms with Gasteiger partial charge in [-0.3, -0.25) is 4.68 Å². The molecule has 2 heterocycles. The van der Waals surface area contributed by atoms with E-state index in [-0.39, 0.29) is 5.56 Å². The Bertz CT molecular complexity index is 1350. The lowest BCUT2D eigenvalue weighted by Gasteiger charge is -2.04. The fourth-order valence-electron chi connectivity index (χ4n) is 3.18. The van der Waals surface area contributed by atoms with E-state index in [0.29, 0.717) is 33.6 Å². The molecule has 0 saturated heterocycles. The minimum absolute atomic E-state index is 0.155. The SMILES string of the molecule is N#CC(=Cc1nn(Cc2ccc(Cl)nc2)c2cc(Cl)ccc12)c1ccc(C(=O)O)cc1. The Labute approximate surface area is 187 Å². The van der Waals surface area contributed by atoms with Crippen molar-refractivity contribution in [2.75, 3.05) is 0 Å². The molecule has 0 unspecified atom stereocenters. The lowest BCUT2D eigenvalue weighted by molar-refractivity contribution is 0.0697. The van der Waals surface area contributed by atoms with E-state index in [1.807, 2.05) is 18.2 Å². The van der Waals surface area contributed by atoms with Crippen molar-refractivity contribution in [2.45, 2.75) is 6.54 Å². The third-order valence-corrected chi connectivity index (χ3v) is 5.17. The molecule has 0 aliphatic carbocycles. The fraction of sp³-hybridized carbons (Fsp3) is 0.0435. The highest BCUT2D eigenvalue weighted by Gasteiger charge is 2.13. The summed E-state index contributed by atoms with van der Waals surface area (Å²) in [6.07, 6.45) is 3.36. The van der Waals surface area contributed by atoms with Crippen LogP contribution in [0, 0.1) is 11.3 Å². The summed E-state index contributed by atoms with van der Waals surface area (Å²) < 4.78 is 1.79. The van der Waals surface area contributed by atoms with Crippen molar-refractivity contribution in [3.63, 3.8) is 0 Å². The van der Waals surface area contributed by atoms with E-state index in [4.69, 9.17) is 28.3 Å². The van der Waals surface area contributed by atoms with Crippen LogP contribution in [0.2, 0.25) is 10.2 Å². The van der Waals surface area contributed by atoms with Crippen molar-refractivity contribution < 1.29 is 9.90 Å². The highest BCUT2D eigenvalue weighted by molar-refractivity contribution is 6.31. The van der Waals surface area contributed by atoms with Crippen LogP contribution >= 0.6 is 23.2 Å². The highest BCUT2D eigenvalue weighted by atomic mass is 35.5. The zero-order chi connectivity index (χ0) is 22.0. The smallest absolute Gasteiger partial charge is 0.335 e. The summed E-state index contributed by atoms with van der Waals surface area (Å²) in [7, 11) is 0. The predicted molar refractivity (Wildman–Crippen MR) is 120 cm³/mol. The van der Waals surface area contributed by atoms with E-state index in [1.165, 1.54) is 12.1 Å². The monoisotopic (exact) mass is 448 g/mol. The quantitative estimate of drug-likeness (QED) is 0.319. The van der Waals surface area contributed by atoms with Gasteiger partial charge in [0, 0.05) is 16.6 Å². The molecule has 0 aliphatic heterocycles. The van der Waals surface area contributed by atoms with Gasteiger partial charge in [-0.2, -0.15) is 10.4 Å². The van der Waals surface area contributed by atoms with Crippen LogP contribution in [-0.4, -0.2) is 25.8 Å². The number of hydrogen-bond acceptors (Lipinski definition) is 4. The van der Waals surface area contributed by atoms with Gasteiger partial charge >= 0.3 is 5.97 Å². The minimum atomic E-state index is -1.02. The number of halogens is 2. The van der Waals surface area contributed by atoms with Crippen molar-refractivity contribution in [3.05, 3.63) is 93.4 Å². The van der Waals surface area contributed by atoms with Crippen molar-refractivity contribution >= 4 is 51.7 Å². The molecule has 0 atom stereocenters. The van der Waals surface area contributed by atoms with Gasteiger partial charge in [0.1, 0.15) is 5.15 Å². The summed E-state index contributed by atoms with van der Waals surface area (Å²) >= 11 is 12.1. The summed E-state index contributed by atoms with van der Waals surface area (Å²) in [4.78, 5) is 15.2. The minimum Gasteiger partial charge on any atom is -0.478 e. The Morgan fingerprint density at radius 1 is 1.10 bits per heavy atom. The van der Waals surface area contributed by atoms with E-state index in [0.717, 1.165) is 16.5 Å². The molecule has 31 heavy (non-hydrogen) atoms. The van der Waals surface area contributed by atoms with Crippen molar-refractivity contribution in [2.24, 2.45) is 0 Å². The molecule has 0 fully saturated rings. The van der Waals surface area contributed by atoms with Crippen molar-refractivity contribution in [3.8, 4) is 6.07 Å². The average molecular weight is 449 g/mol. The molecular weight excluding hydrogens is 435 g/mol. The van der Waals surface area contributed by atoms with E-state index < -0.39 is 5.97 Å². The number of nitriles is 1. The number of benzene rings is 2. The number of aromatic nitrogens is 3. The van der Waals surface area contributed by atoms with Gasteiger partial charge in [-0.25, -0.2) is 9.78 Å². The molecule has 1 N–H and O–H groups in total. The molecule has 2 aromatic heterocycles. The number of rotatable bonds is 5. The van der Waals surface area contributed by atoms with E-state index >= 15 is 0 Å². The Balaban J connectivity index is 1.78. The van der Waals surface area contributed by atoms with Gasteiger partial charge < -0.3 is 5.11 Å². The molecule has 0 spiro atoms. The Hall–Kier alpha value is -3.66. The second-order valence-corrected chi connectivity index (χ2v) is 7.57. The maximum absolute atomic E-state index is 11.1. The van der Waals surface area contributed by atoms with Crippen LogP contribution in [0.25, 0.3) is 22.6 Å². The molecule has 4 rings (SSSR count). The second-order valence-electron chi connectivity index (χ2n) is 6.75. The number of hydrogen-bond donors (Lipinski definition) is 1. The summed E-state index contributed by atoms with van der Waals surface area (Å²) in [5.41, 5.74) is 3.45. The number of allylic oxidation sites excluding steroid dienone is 1. The zero-order valence-corrected chi connectivity index (χ0v) is 17.5. The van der Waals surface area contributed by atoms with E-state index in [9.17, 15) is 10.1 Å². The first kappa shape index (κ1) is 20.6. The Kier molecular flexibility index (Phi) is 5.72. The van der Waals surface area contributed by atoms with Gasteiger partial charge in [0.05, 0.1) is 35.0 Å². The largest absolute Gasteiger partial charge is 0.478 e. The number of carboxylic acids is 1. The van der Waals surface area contributed by atoms with Gasteiger partial charge in [0.25, 0.3) is 0 Å². The van der Waals surface area contributed by atoms with Crippen LogP contribution in [0.3, 0.4) is 0 Å². The normalized spacial score (nSPS) is 11.5. The number of carboxylic acid groups (broad SMARTS) is 1. The lowest BCUT2D eigenvalue weighted by atomic mass is 10.0. The molecule has 0 aliphatic rings. The van der Waals surface area contributed by atoms with Crippen LogP contribution in [-0.2, 0) is 6.54 Å². The van der Waals surface area contributed by atoms with Crippen LogP contribution in [0.15, 0.2) is 60.8 Å². The highest BCUT2D eigenvalue weighted by Crippen LogP contribution is 2.27. The number of fused-ring (bicyclic) bond motifs is 1. The van der Waals surface area contributed by atoms with Crippen LogP contribution in [0.5, 0.6) is 0 Å². The van der Waals surface area contributed by atoms with Gasteiger partial charge in [-0.1, -0.05) is 41.4 Å². The first-order chi connectivity index (χ1) is 14.9. The van der Waals surface area contributed by atoms with Crippen molar-refractivity contribution in [1.82, 2.24) is 14.8 Å². The fourth-order valence-corrected chi connectivity index (χ4v) is 3.46. The third kappa shape index (κ3) is 4.43. The summed E-state index contributed by atoms with van der Waals surface area (Å²) in [6, 6.07) is 17.3. The summed E-state index contributed by atoms with van der Waals surface area (Å²) in [6.45, 7) is 0.448. The number of aromatic carboxylic acids is 1. The second kappa shape index (κ2) is 8.60. The lowest BCUT2D eigenvalue weighted by Crippen LogP contribution is -2.02. The first-order valence-corrected chi connectivity index (χ1v) is 9.92. The maximum Gasteiger partial charge on any atom is 0.335 e. The standard InChI is InChI=1S/C23H14Cl2N4O2/c24-18-6-7-19-20(9-17(11-26)15-2-4-16(5-3-15)23(30)31)28-29(21(19)10-18)13-14-1-8-22(25)27-12-14/h1-10,12H,13H2,(H,30,31). The van der Waals surface area contributed by atoms with Gasteiger partial charge in [0.2, 0.25) is 0 Å². The van der Waals surface area contributed by atoms with E-state index in [1.54, 1.807) is 41.2 Å². The van der Waals surface area contributed by atoms with Crippen LogP contribution < -0.4 is 0 Å². The molecule has 0 amide bonds.